The number of esters is 1. The summed E-state index contributed by atoms with van der Waals surface area (Å²) < 4.78 is 25.4. The first-order valence-corrected chi connectivity index (χ1v) is 8.32. The van der Waals surface area contributed by atoms with Crippen molar-refractivity contribution in [2.75, 3.05) is 0 Å². The highest BCUT2D eigenvalue weighted by atomic mass is 32.1. The number of aromatic nitrogens is 3. The van der Waals surface area contributed by atoms with Crippen LogP contribution in [0.5, 0.6) is 5.75 Å². The first-order chi connectivity index (χ1) is 12.0. The molecule has 0 fully saturated rings. The molecule has 0 amide bonds. The molecule has 0 N–H and O–H groups in total. The number of carbonyl (C=O) groups is 1. The summed E-state index contributed by atoms with van der Waals surface area (Å²) in [6.45, 7) is 2.11. The third-order valence-electron chi connectivity index (χ3n) is 3.33. The molecule has 2 aromatic heterocycles. The quantitative estimate of drug-likeness (QED) is 0.631. The van der Waals surface area contributed by atoms with Crippen LogP contribution in [0.25, 0.3) is 0 Å². The Morgan fingerprint density at radius 1 is 1.28 bits per heavy atom. The molecule has 2 heterocycles. The van der Waals surface area contributed by atoms with Crippen LogP contribution in [0.2, 0.25) is 0 Å². The lowest BCUT2D eigenvalue weighted by Crippen LogP contribution is -2.04. The zero-order valence-corrected chi connectivity index (χ0v) is 14.5. The lowest BCUT2D eigenvalue weighted by atomic mass is 10.3. The summed E-state index contributed by atoms with van der Waals surface area (Å²) in [4.78, 5) is 17.0. The zero-order valence-electron chi connectivity index (χ0n) is 13.7. The molecule has 0 aliphatic heterocycles. The average Bonchev–Trinajstić information content (AvgIpc) is 3.18. The summed E-state index contributed by atoms with van der Waals surface area (Å²) >= 11 is 1.22. The predicted molar refractivity (Wildman–Crippen MR) is 89.9 cm³/mol. The Bertz CT molecular complexity index is 874. The van der Waals surface area contributed by atoms with Crippen LogP contribution in [0.15, 0.2) is 36.7 Å². The van der Waals surface area contributed by atoms with E-state index in [1.54, 1.807) is 43.2 Å². The third-order valence-corrected chi connectivity index (χ3v) is 4.44. The number of rotatable bonds is 6. The molecule has 0 bridgehead atoms. The highest BCUT2D eigenvalue weighted by Gasteiger charge is 2.17. The molecule has 8 heteroatoms. The van der Waals surface area contributed by atoms with Crippen molar-refractivity contribution in [3.8, 4) is 5.75 Å². The molecular weight excluding hydrogens is 345 g/mol. The van der Waals surface area contributed by atoms with Crippen LogP contribution in [-0.4, -0.2) is 20.7 Å². The molecule has 0 spiro atoms. The van der Waals surface area contributed by atoms with Crippen LogP contribution in [0, 0.1) is 12.7 Å². The highest BCUT2D eigenvalue weighted by Crippen LogP contribution is 2.21. The molecular formula is C17H16FN3O3S. The first kappa shape index (κ1) is 17.1. The summed E-state index contributed by atoms with van der Waals surface area (Å²) in [5, 5.41) is 4.67. The second kappa shape index (κ2) is 7.43. The van der Waals surface area contributed by atoms with E-state index < -0.39 is 5.97 Å². The van der Waals surface area contributed by atoms with Crippen molar-refractivity contribution in [3.05, 3.63) is 63.6 Å². The Hall–Kier alpha value is -2.74. The summed E-state index contributed by atoms with van der Waals surface area (Å²) in [5.74, 6) is -0.210. The van der Waals surface area contributed by atoms with Gasteiger partial charge in [0, 0.05) is 18.8 Å². The number of ether oxygens (including phenoxy) is 2. The van der Waals surface area contributed by atoms with Gasteiger partial charge < -0.3 is 9.47 Å². The first-order valence-electron chi connectivity index (χ1n) is 7.50. The fraction of sp³-hybridized carbons (Fsp3) is 0.235. The van der Waals surface area contributed by atoms with Gasteiger partial charge in [0.25, 0.3) is 0 Å². The molecule has 3 aromatic rings. The van der Waals surface area contributed by atoms with E-state index in [1.165, 1.54) is 23.5 Å². The fourth-order valence-electron chi connectivity index (χ4n) is 2.14. The van der Waals surface area contributed by atoms with Crippen LogP contribution in [0.3, 0.4) is 0 Å². The normalized spacial score (nSPS) is 10.7. The summed E-state index contributed by atoms with van der Waals surface area (Å²) in [7, 11) is 1.80. The largest absolute Gasteiger partial charge is 0.486 e. The smallest absolute Gasteiger partial charge is 0.350 e. The molecule has 0 aliphatic rings. The van der Waals surface area contributed by atoms with E-state index in [1.807, 2.05) is 0 Å². The van der Waals surface area contributed by atoms with Crippen molar-refractivity contribution in [1.29, 1.82) is 0 Å². The number of hydrogen-bond donors (Lipinski definition) is 0. The lowest BCUT2D eigenvalue weighted by Gasteiger charge is -2.03. The number of nitrogens with zero attached hydrogens (tertiary/aromatic N) is 3. The number of aryl methyl sites for hydroxylation is 2. The van der Waals surface area contributed by atoms with Gasteiger partial charge in [-0.15, -0.1) is 11.3 Å². The average molecular weight is 361 g/mol. The number of thiazole rings is 1. The molecule has 0 saturated carbocycles. The standard InChI is InChI=1S/C17H16FN3O3S/c1-11-16(17(22)24-9-12-7-19-21(2)8-12)25-15(20-11)10-23-14-5-3-13(18)4-6-14/h3-8H,9-10H2,1-2H3. The van der Waals surface area contributed by atoms with Crippen LogP contribution >= 0.6 is 11.3 Å². The van der Waals surface area contributed by atoms with Crippen molar-refractivity contribution in [2.45, 2.75) is 20.1 Å². The van der Waals surface area contributed by atoms with E-state index in [4.69, 9.17) is 9.47 Å². The molecule has 0 atom stereocenters. The van der Waals surface area contributed by atoms with Crippen molar-refractivity contribution in [3.63, 3.8) is 0 Å². The van der Waals surface area contributed by atoms with E-state index in [0.717, 1.165) is 5.56 Å². The van der Waals surface area contributed by atoms with Gasteiger partial charge >= 0.3 is 5.97 Å². The zero-order chi connectivity index (χ0) is 17.8. The Morgan fingerprint density at radius 2 is 2.04 bits per heavy atom. The van der Waals surface area contributed by atoms with Gasteiger partial charge in [-0.1, -0.05) is 0 Å². The lowest BCUT2D eigenvalue weighted by molar-refractivity contribution is 0.0477. The second-order valence-electron chi connectivity index (χ2n) is 5.36. The van der Waals surface area contributed by atoms with Crippen molar-refractivity contribution < 1.29 is 18.7 Å². The van der Waals surface area contributed by atoms with Gasteiger partial charge in [-0.2, -0.15) is 5.10 Å². The monoisotopic (exact) mass is 361 g/mol. The summed E-state index contributed by atoms with van der Waals surface area (Å²) in [6.07, 6.45) is 3.43. The molecule has 6 nitrogen and oxygen atoms in total. The second-order valence-corrected chi connectivity index (χ2v) is 6.45. The van der Waals surface area contributed by atoms with Crippen molar-refractivity contribution in [2.24, 2.45) is 7.05 Å². The Morgan fingerprint density at radius 3 is 2.72 bits per heavy atom. The molecule has 0 unspecified atom stereocenters. The van der Waals surface area contributed by atoms with E-state index in [0.29, 0.717) is 21.3 Å². The molecule has 3 rings (SSSR count). The highest BCUT2D eigenvalue weighted by molar-refractivity contribution is 7.13. The predicted octanol–water partition coefficient (Wildman–Crippen LogP) is 3.26. The minimum Gasteiger partial charge on any atom is -0.486 e. The SMILES string of the molecule is Cc1nc(COc2ccc(F)cc2)sc1C(=O)OCc1cnn(C)c1. The molecule has 25 heavy (non-hydrogen) atoms. The maximum absolute atomic E-state index is 12.9. The van der Waals surface area contributed by atoms with E-state index in [2.05, 4.69) is 10.1 Å². The van der Waals surface area contributed by atoms with Crippen LogP contribution in [0.4, 0.5) is 4.39 Å². The number of halogens is 1. The Kier molecular flexibility index (Phi) is 5.08. The van der Waals surface area contributed by atoms with Crippen LogP contribution in [-0.2, 0) is 25.0 Å². The van der Waals surface area contributed by atoms with E-state index >= 15 is 0 Å². The van der Waals surface area contributed by atoms with Gasteiger partial charge in [0.15, 0.2) is 0 Å². The number of benzene rings is 1. The van der Waals surface area contributed by atoms with Gasteiger partial charge in [0.2, 0.25) is 0 Å². The Labute approximate surface area is 147 Å². The van der Waals surface area contributed by atoms with Crippen molar-refractivity contribution >= 4 is 17.3 Å². The molecule has 0 aliphatic carbocycles. The third kappa shape index (κ3) is 4.42. The van der Waals surface area contributed by atoms with E-state index in [-0.39, 0.29) is 19.0 Å². The maximum Gasteiger partial charge on any atom is 0.350 e. The molecule has 1 aromatic carbocycles. The van der Waals surface area contributed by atoms with E-state index in [9.17, 15) is 9.18 Å². The fourth-order valence-corrected chi connectivity index (χ4v) is 3.01. The summed E-state index contributed by atoms with van der Waals surface area (Å²) in [6, 6.07) is 5.73. The maximum atomic E-state index is 12.9. The van der Waals surface area contributed by atoms with Gasteiger partial charge in [0.05, 0.1) is 11.9 Å². The van der Waals surface area contributed by atoms with Gasteiger partial charge in [0.1, 0.15) is 34.7 Å². The van der Waals surface area contributed by atoms with Crippen LogP contribution < -0.4 is 4.74 Å². The van der Waals surface area contributed by atoms with Gasteiger partial charge in [-0.3, -0.25) is 4.68 Å². The van der Waals surface area contributed by atoms with Crippen molar-refractivity contribution in [1.82, 2.24) is 14.8 Å². The van der Waals surface area contributed by atoms with Crippen LogP contribution in [0.1, 0.15) is 25.9 Å². The van der Waals surface area contributed by atoms with Gasteiger partial charge in [-0.25, -0.2) is 14.2 Å². The minimum atomic E-state index is -0.424. The minimum absolute atomic E-state index is 0.158. The number of carbonyl (C=O) groups excluding carboxylic acids is 1. The molecule has 0 saturated heterocycles. The number of hydrogen-bond acceptors (Lipinski definition) is 6. The molecule has 0 radical (unpaired) electrons. The Balaban J connectivity index is 1.59. The van der Waals surface area contributed by atoms with Gasteiger partial charge in [-0.05, 0) is 31.2 Å². The molecule has 130 valence electrons. The summed E-state index contributed by atoms with van der Waals surface area (Å²) in [5.41, 5.74) is 1.41. The topological polar surface area (TPSA) is 66.2 Å².